The topological polar surface area (TPSA) is 46.1 Å². The fraction of sp³-hybridized carbons (Fsp3) is 0.696. The molecule has 0 aromatic heterocycles. The summed E-state index contributed by atoms with van der Waals surface area (Å²) in [5.41, 5.74) is 2.67. The van der Waals surface area contributed by atoms with Crippen molar-refractivity contribution in [3.05, 3.63) is 35.4 Å². The van der Waals surface area contributed by atoms with Gasteiger partial charge in [-0.15, -0.1) is 24.0 Å². The van der Waals surface area contributed by atoms with Gasteiger partial charge in [-0.1, -0.05) is 30.7 Å². The van der Waals surface area contributed by atoms with E-state index in [1.807, 2.05) is 0 Å². The van der Waals surface area contributed by atoms with Crippen LogP contribution in [0.4, 0.5) is 0 Å². The van der Waals surface area contributed by atoms with Gasteiger partial charge >= 0.3 is 0 Å². The molecule has 2 N–H and O–H groups in total. The van der Waals surface area contributed by atoms with E-state index in [1.165, 1.54) is 43.5 Å². The Morgan fingerprint density at radius 3 is 2.37 bits per heavy atom. The van der Waals surface area contributed by atoms with Crippen molar-refractivity contribution in [1.29, 1.82) is 0 Å². The molecule has 6 nitrogen and oxygen atoms in total. The highest BCUT2D eigenvalue weighted by Crippen LogP contribution is 2.14. The van der Waals surface area contributed by atoms with E-state index in [0.29, 0.717) is 12.6 Å². The van der Waals surface area contributed by atoms with Gasteiger partial charge in [0.15, 0.2) is 5.96 Å². The average molecular weight is 529 g/mol. The van der Waals surface area contributed by atoms with Gasteiger partial charge in [0, 0.05) is 45.3 Å². The highest BCUT2D eigenvalue weighted by Gasteiger charge is 2.22. The van der Waals surface area contributed by atoms with Gasteiger partial charge in [-0.05, 0) is 58.1 Å². The Labute approximate surface area is 200 Å². The van der Waals surface area contributed by atoms with Crippen LogP contribution in [0.5, 0.6) is 0 Å². The molecule has 30 heavy (non-hydrogen) atoms. The van der Waals surface area contributed by atoms with E-state index >= 15 is 0 Å². The minimum atomic E-state index is 0. The third-order valence-corrected chi connectivity index (χ3v) is 6.13. The van der Waals surface area contributed by atoms with Crippen LogP contribution >= 0.6 is 24.0 Å². The molecule has 0 amide bonds. The van der Waals surface area contributed by atoms with Crippen LogP contribution in [0.25, 0.3) is 0 Å². The molecule has 2 saturated heterocycles. The smallest absolute Gasteiger partial charge is 0.191 e. The maximum atomic E-state index is 4.81. The number of aliphatic imine (C=N–C) groups is 1. The largest absolute Gasteiger partial charge is 0.357 e. The molecule has 1 aromatic rings. The molecule has 1 unspecified atom stereocenters. The van der Waals surface area contributed by atoms with E-state index in [2.05, 4.69) is 70.6 Å². The zero-order chi connectivity index (χ0) is 20.5. The second kappa shape index (κ2) is 13.5. The summed E-state index contributed by atoms with van der Waals surface area (Å²) in [6.07, 6.45) is 4.09. The van der Waals surface area contributed by atoms with Crippen LogP contribution in [0.15, 0.2) is 29.3 Å². The van der Waals surface area contributed by atoms with E-state index < -0.39 is 0 Å². The number of rotatable bonds is 7. The number of hydrogen-bond donors (Lipinski definition) is 2. The normalized spacial score (nSPS) is 21.8. The molecule has 0 bridgehead atoms. The molecule has 0 spiro atoms. The molecule has 0 saturated carbocycles. The van der Waals surface area contributed by atoms with Crippen LogP contribution in [-0.4, -0.2) is 86.6 Å². The molecule has 2 fully saturated rings. The van der Waals surface area contributed by atoms with Crippen molar-refractivity contribution in [1.82, 2.24) is 25.3 Å². The Morgan fingerprint density at radius 2 is 1.67 bits per heavy atom. The summed E-state index contributed by atoms with van der Waals surface area (Å²) in [4.78, 5) is 12.2. The summed E-state index contributed by atoms with van der Waals surface area (Å²) in [5, 5.41) is 6.93. The third-order valence-electron chi connectivity index (χ3n) is 6.13. The molecule has 1 atom stereocenters. The minimum Gasteiger partial charge on any atom is -0.357 e. The lowest BCUT2D eigenvalue weighted by Crippen LogP contribution is -2.55. The maximum Gasteiger partial charge on any atom is 0.191 e. The van der Waals surface area contributed by atoms with Crippen LogP contribution in [-0.2, 0) is 13.1 Å². The van der Waals surface area contributed by atoms with Gasteiger partial charge < -0.3 is 15.5 Å². The van der Waals surface area contributed by atoms with Gasteiger partial charge in [-0.25, -0.2) is 4.99 Å². The van der Waals surface area contributed by atoms with Gasteiger partial charge in [-0.3, -0.25) is 9.80 Å². The molecule has 0 aliphatic carbocycles. The lowest BCUT2D eigenvalue weighted by atomic mass is 10.1. The van der Waals surface area contributed by atoms with Crippen LogP contribution in [0.3, 0.4) is 0 Å². The van der Waals surface area contributed by atoms with E-state index in [4.69, 9.17) is 4.99 Å². The standard InChI is InChI=1S/C23H40N6.HI/c1-4-24-23(26-17-22-19-27(2)14-15-28(22)3)25-16-20-8-10-21(11-9-20)18-29-12-6-5-7-13-29;/h8-11,22H,4-7,12-19H2,1-3H3,(H2,24,25,26);1H. The van der Waals surface area contributed by atoms with Gasteiger partial charge in [0.2, 0.25) is 0 Å². The predicted octanol–water partition coefficient (Wildman–Crippen LogP) is 2.59. The monoisotopic (exact) mass is 528 g/mol. The number of benzene rings is 1. The first kappa shape index (κ1) is 25.4. The van der Waals surface area contributed by atoms with E-state index in [0.717, 1.165) is 45.2 Å². The van der Waals surface area contributed by atoms with Crippen molar-refractivity contribution in [2.24, 2.45) is 4.99 Å². The molecule has 2 heterocycles. The van der Waals surface area contributed by atoms with Crippen LogP contribution in [0.2, 0.25) is 0 Å². The van der Waals surface area contributed by atoms with E-state index in [9.17, 15) is 0 Å². The van der Waals surface area contributed by atoms with Crippen molar-refractivity contribution >= 4 is 29.9 Å². The summed E-state index contributed by atoms with van der Waals surface area (Å²) in [5.74, 6) is 0.909. The third kappa shape index (κ3) is 8.32. The van der Waals surface area contributed by atoms with Crippen molar-refractivity contribution < 1.29 is 0 Å². The van der Waals surface area contributed by atoms with Crippen LogP contribution in [0, 0.1) is 0 Å². The van der Waals surface area contributed by atoms with Gasteiger partial charge in [0.1, 0.15) is 0 Å². The predicted molar refractivity (Wildman–Crippen MR) is 138 cm³/mol. The number of nitrogens with one attached hydrogen (secondary N) is 2. The number of piperazine rings is 1. The Hall–Kier alpha value is -0.900. The first-order chi connectivity index (χ1) is 14.1. The maximum absolute atomic E-state index is 4.81. The molecule has 1 aromatic carbocycles. The molecular formula is C23H41IN6. The number of guanidine groups is 1. The Morgan fingerprint density at radius 1 is 0.967 bits per heavy atom. The zero-order valence-electron chi connectivity index (χ0n) is 19.1. The Bertz CT molecular complexity index is 629. The lowest BCUT2D eigenvalue weighted by molar-refractivity contribution is 0.116. The number of piperidine rings is 1. The summed E-state index contributed by atoms with van der Waals surface area (Å²) in [7, 11) is 4.42. The van der Waals surface area contributed by atoms with Crippen molar-refractivity contribution in [3.63, 3.8) is 0 Å². The number of halogens is 1. The zero-order valence-corrected chi connectivity index (χ0v) is 21.4. The summed E-state index contributed by atoms with van der Waals surface area (Å²) in [6, 6.07) is 9.53. The number of likely N-dealkylation sites (N-methyl/N-ethyl adjacent to an activating group) is 2. The van der Waals surface area contributed by atoms with Crippen LogP contribution < -0.4 is 10.6 Å². The average Bonchev–Trinajstić information content (AvgIpc) is 2.74. The molecule has 7 heteroatoms. The number of nitrogens with zero attached hydrogens (tertiary/aromatic N) is 4. The Balaban J connectivity index is 0.00000320. The van der Waals surface area contributed by atoms with Gasteiger partial charge in [-0.2, -0.15) is 0 Å². The molecule has 3 rings (SSSR count). The highest BCUT2D eigenvalue weighted by molar-refractivity contribution is 14.0. The molecule has 170 valence electrons. The van der Waals surface area contributed by atoms with Crippen LogP contribution in [0.1, 0.15) is 37.3 Å². The summed E-state index contributed by atoms with van der Waals surface area (Å²) < 4.78 is 0. The quantitative estimate of drug-likeness (QED) is 0.324. The van der Waals surface area contributed by atoms with Crippen molar-refractivity contribution in [2.75, 3.05) is 59.9 Å². The summed E-state index contributed by atoms with van der Waals surface area (Å²) >= 11 is 0. The fourth-order valence-electron chi connectivity index (χ4n) is 4.17. The summed E-state index contributed by atoms with van der Waals surface area (Å²) in [6.45, 7) is 11.6. The van der Waals surface area contributed by atoms with Gasteiger partial charge in [0.25, 0.3) is 0 Å². The van der Waals surface area contributed by atoms with Gasteiger partial charge in [0.05, 0.1) is 6.54 Å². The number of hydrogen-bond acceptors (Lipinski definition) is 4. The SMILES string of the molecule is CCNC(=NCc1ccc(CN2CCCCC2)cc1)NCC1CN(C)CCN1C.I. The van der Waals surface area contributed by atoms with E-state index in [-0.39, 0.29) is 24.0 Å². The minimum absolute atomic E-state index is 0. The Kier molecular flexibility index (Phi) is 11.4. The molecular weight excluding hydrogens is 487 g/mol. The first-order valence-corrected chi connectivity index (χ1v) is 11.3. The fourth-order valence-corrected chi connectivity index (χ4v) is 4.17. The molecule has 0 radical (unpaired) electrons. The first-order valence-electron chi connectivity index (χ1n) is 11.3. The molecule has 2 aliphatic heterocycles. The van der Waals surface area contributed by atoms with E-state index in [1.54, 1.807) is 0 Å². The molecule has 2 aliphatic rings. The van der Waals surface area contributed by atoms with Crippen molar-refractivity contribution in [2.45, 2.75) is 45.3 Å². The second-order valence-corrected chi connectivity index (χ2v) is 8.63. The second-order valence-electron chi connectivity index (χ2n) is 8.63. The van der Waals surface area contributed by atoms with Crippen molar-refractivity contribution in [3.8, 4) is 0 Å². The lowest BCUT2D eigenvalue weighted by Gasteiger charge is -2.37. The number of likely N-dealkylation sites (tertiary alicyclic amines) is 1. The highest BCUT2D eigenvalue weighted by atomic mass is 127.